The number of carbonyl (C=O) groups is 1. The lowest BCUT2D eigenvalue weighted by Gasteiger charge is -2.40. The summed E-state index contributed by atoms with van der Waals surface area (Å²) in [6.07, 6.45) is 0. The third kappa shape index (κ3) is 2.76. The number of anilines is 1. The molecule has 29 heavy (non-hydrogen) atoms. The van der Waals surface area contributed by atoms with Crippen molar-refractivity contribution in [1.29, 1.82) is 5.26 Å². The Hall–Kier alpha value is -3.38. The number of ether oxygens (including phenoxy) is 2. The third-order valence-corrected chi connectivity index (χ3v) is 5.44. The number of amides is 1. The maximum Gasteiger partial charge on any atom is 0.276 e. The molecule has 0 aliphatic carbocycles. The number of nitrogens with one attached hydrogen (secondary N) is 1. The van der Waals surface area contributed by atoms with Gasteiger partial charge in [0, 0.05) is 19.2 Å². The molecule has 0 saturated carbocycles. The summed E-state index contributed by atoms with van der Waals surface area (Å²) < 4.78 is 15.1. The average Bonchev–Trinajstić information content (AvgIpc) is 3.16. The van der Waals surface area contributed by atoms with Gasteiger partial charge in [0.25, 0.3) is 5.91 Å². The summed E-state index contributed by atoms with van der Waals surface area (Å²) in [6.45, 7) is 6.67. The quantitative estimate of drug-likeness (QED) is 0.731. The topological polar surface area (TPSA) is 107 Å². The smallest absolute Gasteiger partial charge is 0.276 e. The molecule has 1 aromatic carbocycles. The maximum absolute atomic E-state index is 13.0. The van der Waals surface area contributed by atoms with Crippen molar-refractivity contribution in [2.45, 2.75) is 26.9 Å². The van der Waals surface area contributed by atoms with Crippen molar-refractivity contribution in [3.8, 4) is 11.8 Å². The zero-order valence-corrected chi connectivity index (χ0v) is 16.2. The SMILES string of the molecule is CCn1nc(C)cc1C(=O)Nc1nc2cc(C#N)cc3c2n1CC1(COC1)CO3. The minimum Gasteiger partial charge on any atom is -0.490 e. The molecule has 0 atom stereocenters. The van der Waals surface area contributed by atoms with Gasteiger partial charge in [-0.3, -0.25) is 14.8 Å². The summed E-state index contributed by atoms with van der Waals surface area (Å²) in [5, 5.41) is 16.6. The Morgan fingerprint density at radius 2 is 2.17 bits per heavy atom. The third-order valence-electron chi connectivity index (χ3n) is 5.44. The van der Waals surface area contributed by atoms with E-state index >= 15 is 0 Å². The van der Waals surface area contributed by atoms with E-state index in [9.17, 15) is 10.1 Å². The van der Waals surface area contributed by atoms with Crippen LogP contribution >= 0.6 is 0 Å². The van der Waals surface area contributed by atoms with Crippen molar-refractivity contribution in [2.24, 2.45) is 5.41 Å². The maximum atomic E-state index is 13.0. The highest BCUT2D eigenvalue weighted by Gasteiger charge is 2.43. The molecular formula is C20H20N6O3. The lowest BCUT2D eigenvalue weighted by Crippen LogP contribution is -2.49. The Kier molecular flexibility index (Phi) is 3.86. The highest BCUT2D eigenvalue weighted by atomic mass is 16.5. The fourth-order valence-corrected chi connectivity index (χ4v) is 3.97. The second kappa shape index (κ2) is 6.32. The first-order valence-electron chi connectivity index (χ1n) is 9.53. The normalized spacial score (nSPS) is 16.7. The number of nitriles is 1. The number of nitrogens with zero attached hydrogens (tertiary/aromatic N) is 5. The van der Waals surface area contributed by atoms with Crippen LogP contribution in [0.2, 0.25) is 0 Å². The molecule has 5 rings (SSSR count). The Morgan fingerprint density at radius 1 is 1.34 bits per heavy atom. The number of aromatic nitrogens is 4. The number of rotatable bonds is 3. The van der Waals surface area contributed by atoms with Crippen LogP contribution in [0.25, 0.3) is 11.0 Å². The molecule has 4 heterocycles. The molecule has 3 aromatic rings. The molecule has 1 N–H and O–H groups in total. The number of aryl methyl sites for hydroxylation is 2. The molecule has 148 valence electrons. The fraction of sp³-hybridized carbons (Fsp3) is 0.400. The van der Waals surface area contributed by atoms with Crippen molar-refractivity contribution in [3.63, 3.8) is 0 Å². The van der Waals surface area contributed by atoms with Gasteiger partial charge in [-0.15, -0.1) is 0 Å². The van der Waals surface area contributed by atoms with Gasteiger partial charge in [-0.05, 0) is 26.0 Å². The molecule has 0 bridgehead atoms. The Bertz CT molecular complexity index is 1180. The van der Waals surface area contributed by atoms with Gasteiger partial charge in [0.05, 0.1) is 41.5 Å². The second-order valence-corrected chi connectivity index (χ2v) is 7.70. The number of carbonyl (C=O) groups excluding carboxylic acids is 1. The lowest BCUT2D eigenvalue weighted by molar-refractivity contribution is -0.137. The highest BCUT2D eigenvalue weighted by molar-refractivity contribution is 6.03. The second-order valence-electron chi connectivity index (χ2n) is 7.70. The first kappa shape index (κ1) is 17.7. The molecule has 0 unspecified atom stereocenters. The van der Waals surface area contributed by atoms with Crippen LogP contribution in [0.1, 0.15) is 28.7 Å². The van der Waals surface area contributed by atoms with E-state index in [-0.39, 0.29) is 11.3 Å². The number of imidazole rings is 1. The minimum atomic E-state index is -0.273. The molecule has 1 amide bonds. The van der Waals surface area contributed by atoms with Gasteiger partial charge in [0.1, 0.15) is 23.6 Å². The predicted molar refractivity (Wildman–Crippen MR) is 104 cm³/mol. The molecule has 1 saturated heterocycles. The summed E-state index contributed by atoms with van der Waals surface area (Å²) in [6, 6.07) is 7.34. The van der Waals surface area contributed by atoms with E-state index in [1.165, 1.54) is 0 Å². The number of hydrogen-bond acceptors (Lipinski definition) is 6. The molecule has 9 heteroatoms. The summed E-state index contributed by atoms with van der Waals surface area (Å²) in [5.74, 6) is 0.759. The van der Waals surface area contributed by atoms with E-state index in [1.807, 2.05) is 18.4 Å². The van der Waals surface area contributed by atoms with E-state index in [1.54, 1.807) is 22.9 Å². The fourth-order valence-electron chi connectivity index (χ4n) is 3.97. The Balaban J connectivity index is 1.60. The van der Waals surface area contributed by atoms with Gasteiger partial charge < -0.3 is 14.0 Å². The zero-order valence-electron chi connectivity index (χ0n) is 16.2. The van der Waals surface area contributed by atoms with Gasteiger partial charge >= 0.3 is 0 Å². The number of hydrogen-bond donors (Lipinski definition) is 1. The Labute approximate surface area is 166 Å². The van der Waals surface area contributed by atoms with E-state index in [4.69, 9.17) is 9.47 Å². The van der Waals surface area contributed by atoms with Gasteiger partial charge in [-0.1, -0.05) is 0 Å². The van der Waals surface area contributed by atoms with Crippen LogP contribution in [0.15, 0.2) is 18.2 Å². The van der Waals surface area contributed by atoms with Crippen LogP contribution in [0.5, 0.6) is 5.75 Å². The van der Waals surface area contributed by atoms with Crippen molar-refractivity contribution >= 4 is 22.9 Å². The zero-order chi connectivity index (χ0) is 20.2. The standard InChI is InChI=1S/C20H20N6O3/c1-3-26-15(4-12(2)24-26)18(27)23-19-22-14-5-13(7-21)6-16-17(14)25(19)8-20(11-29-16)9-28-10-20/h4-6H,3,8-11H2,1-2H3,(H,22,23,27). The molecule has 0 radical (unpaired) electrons. The van der Waals surface area contributed by atoms with Crippen LogP contribution in [0, 0.1) is 23.7 Å². The van der Waals surface area contributed by atoms with Crippen molar-refractivity contribution in [2.75, 3.05) is 25.1 Å². The molecular weight excluding hydrogens is 372 g/mol. The average molecular weight is 392 g/mol. The van der Waals surface area contributed by atoms with Crippen molar-refractivity contribution < 1.29 is 14.3 Å². The van der Waals surface area contributed by atoms with Gasteiger partial charge in [-0.25, -0.2) is 4.98 Å². The van der Waals surface area contributed by atoms with Crippen molar-refractivity contribution in [1.82, 2.24) is 19.3 Å². The van der Waals surface area contributed by atoms with Gasteiger partial charge in [0.15, 0.2) is 0 Å². The van der Waals surface area contributed by atoms with E-state index < -0.39 is 0 Å². The first-order chi connectivity index (χ1) is 14.0. The monoisotopic (exact) mass is 392 g/mol. The largest absolute Gasteiger partial charge is 0.490 e. The molecule has 1 spiro atoms. The summed E-state index contributed by atoms with van der Waals surface area (Å²) in [4.78, 5) is 17.6. The minimum absolute atomic E-state index is 0.166. The lowest BCUT2D eigenvalue weighted by atomic mass is 9.87. The van der Waals surface area contributed by atoms with E-state index in [0.717, 1.165) is 11.2 Å². The van der Waals surface area contributed by atoms with Crippen LogP contribution in [0.3, 0.4) is 0 Å². The van der Waals surface area contributed by atoms with Crippen LogP contribution in [-0.4, -0.2) is 45.1 Å². The molecule has 1 fully saturated rings. The summed E-state index contributed by atoms with van der Waals surface area (Å²) >= 11 is 0. The number of benzene rings is 1. The molecule has 2 aliphatic rings. The van der Waals surface area contributed by atoms with E-state index in [2.05, 4.69) is 21.5 Å². The van der Waals surface area contributed by atoms with Crippen LogP contribution < -0.4 is 10.1 Å². The summed E-state index contributed by atoms with van der Waals surface area (Å²) in [7, 11) is 0. The molecule has 2 aliphatic heterocycles. The van der Waals surface area contributed by atoms with Gasteiger partial charge in [0.2, 0.25) is 5.95 Å². The van der Waals surface area contributed by atoms with Crippen molar-refractivity contribution in [3.05, 3.63) is 35.2 Å². The first-order valence-corrected chi connectivity index (χ1v) is 9.53. The highest BCUT2D eigenvalue weighted by Crippen LogP contribution is 2.40. The van der Waals surface area contributed by atoms with E-state index in [0.29, 0.717) is 61.4 Å². The Morgan fingerprint density at radius 3 is 2.86 bits per heavy atom. The summed E-state index contributed by atoms with van der Waals surface area (Å²) in [5.41, 5.74) is 2.96. The molecule has 2 aromatic heterocycles. The van der Waals surface area contributed by atoms with Gasteiger partial charge in [-0.2, -0.15) is 10.4 Å². The van der Waals surface area contributed by atoms with Crippen LogP contribution in [0.4, 0.5) is 5.95 Å². The molecule has 9 nitrogen and oxygen atoms in total. The predicted octanol–water partition coefficient (Wildman–Crippen LogP) is 2.09. The van der Waals surface area contributed by atoms with Crippen LogP contribution in [-0.2, 0) is 17.8 Å².